The van der Waals surface area contributed by atoms with Crippen molar-refractivity contribution in [2.24, 2.45) is 4.99 Å². The van der Waals surface area contributed by atoms with Crippen LogP contribution in [-0.2, 0) is 23.9 Å². The van der Waals surface area contributed by atoms with Gasteiger partial charge < -0.3 is 9.47 Å². The Morgan fingerprint density at radius 2 is 1.69 bits per heavy atom. The van der Waals surface area contributed by atoms with Crippen molar-refractivity contribution < 1.29 is 28.8 Å². The first kappa shape index (κ1) is 29.0. The summed E-state index contributed by atoms with van der Waals surface area (Å²) >= 11 is 8.00. The number of alkyl halides is 1. The molecule has 5 rings (SSSR count). The van der Waals surface area contributed by atoms with Gasteiger partial charge >= 0.3 is 11.9 Å². The summed E-state index contributed by atoms with van der Waals surface area (Å²) in [5, 5.41) is 10.2. The zero-order valence-corrected chi connectivity index (χ0v) is 23.8. The Morgan fingerprint density at radius 1 is 1.10 bits per heavy atom. The number of fused-ring (bicyclic) bond motifs is 1. The number of hydrogen-bond acceptors (Lipinski definition) is 9. The van der Waals surface area contributed by atoms with E-state index in [1.165, 1.54) is 54.1 Å². The number of amides is 1. The molecule has 2 atom stereocenters. The van der Waals surface area contributed by atoms with Crippen molar-refractivity contribution in [1.29, 1.82) is 0 Å². The molecular weight excluding hydrogens is 582 g/mol. The van der Waals surface area contributed by atoms with E-state index >= 15 is 0 Å². The number of nitro benzene ring substituents is 1. The van der Waals surface area contributed by atoms with E-state index < -0.39 is 39.2 Å². The predicted molar refractivity (Wildman–Crippen MR) is 157 cm³/mol. The van der Waals surface area contributed by atoms with Crippen LogP contribution in [0.5, 0.6) is 0 Å². The maximum atomic E-state index is 13.9. The van der Waals surface area contributed by atoms with Gasteiger partial charge in [-0.05, 0) is 28.8 Å². The number of esters is 2. The number of carbonyl (C=O) groups excluding carboxylic acids is 3. The van der Waals surface area contributed by atoms with Crippen LogP contribution in [0.2, 0.25) is 0 Å². The van der Waals surface area contributed by atoms with Crippen molar-refractivity contribution in [1.82, 2.24) is 4.90 Å². The lowest BCUT2D eigenvalue weighted by atomic mass is 10.0. The SMILES string of the molecule is CC(=O)OCC1=C(C(=O)OC(c2ccccc2)c2ccccc2)N2C(=O)[C@](Cl)(N=Cc3ccc([N+](=O)[O-])cc3)[C@H]2SC1. The van der Waals surface area contributed by atoms with Gasteiger partial charge in [-0.25, -0.2) is 4.79 Å². The third-order valence-corrected chi connectivity index (χ3v) is 8.63. The highest BCUT2D eigenvalue weighted by molar-refractivity contribution is 8.00. The quantitative estimate of drug-likeness (QED) is 0.0633. The van der Waals surface area contributed by atoms with Gasteiger partial charge in [0, 0.05) is 36.6 Å². The number of hydrogen-bond donors (Lipinski definition) is 0. The standard InChI is InChI=1S/C30H24ClN3O7S/c1-19(35)40-17-23-18-42-29-30(31,32-16-20-12-14-24(15-13-20)34(38)39)28(37)33(29)25(23)27(36)41-26(21-8-4-2-5-9-21)22-10-6-3-7-11-22/h2-16,26,29H,17-18H2,1H3/t29-,30+/m1/s1. The van der Waals surface area contributed by atoms with Gasteiger partial charge in [-0.15, -0.1) is 11.8 Å². The van der Waals surface area contributed by atoms with Gasteiger partial charge in [-0.2, -0.15) is 0 Å². The van der Waals surface area contributed by atoms with Gasteiger partial charge in [0.05, 0.1) is 4.92 Å². The molecule has 1 fully saturated rings. The van der Waals surface area contributed by atoms with E-state index in [-0.39, 0.29) is 23.7 Å². The molecule has 214 valence electrons. The summed E-state index contributed by atoms with van der Waals surface area (Å²) in [6.45, 7) is 1.05. The van der Waals surface area contributed by atoms with E-state index in [1.54, 1.807) is 0 Å². The van der Waals surface area contributed by atoms with Crippen LogP contribution in [0.1, 0.15) is 29.7 Å². The highest BCUT2D eigenvalue weighted by atomic mass is 35.5. The summed E-state index contributed by atoms with van der Waals surface area (Å²) in [6.07, 6.45) is 0.594. The van der Waals surface area contributed by atoms with Gasteiger partial charge in [0.1, 0.15) is 17.7 Å². The average Bonchev–Trinajstić information content (AvgIpc) is 3.01. The lowest BCUT2D eigenvalue weighted by Crippen LogP contribution is -2.70. The summed E-state index contributed by atoms with van der Waals surface area (Å²) < 4.78 is 11.2. The predicted octanol–water partition coefficient (Wildman–Crippen LogP) is 5.01. The number of aliphatic imine (C=N–C) groups is 1. The van der Waals surface area contributed by atoms with E-state index in [0.29, 0.717) is 11.1 Å². The maximum Gasteiger partial charge on any atom is 0.356 e. The highest BCUT2D eigenvalue weighted by Gasteiger charge is 2.64. The second-order valence-electron chi connectivity index (χ2n) is 9.46. The Kier molecular flexibility index (Phi) is 8.41. The molecule has 0 aromatic heterocycles. The van der Waals surface area contributed by atoms with Crippen LogP contribution in [0, 0.1) is 10.1 Å². The highest BCUT2D eigenvalue weighted by Crippen LogP contribution is 2.51. The normalized spacial score (nSPS) is 19.8. The first-order chi connectivity index (χ1) is 20.2. The van der Waals surface area contributed by atoms with Crippen molar-refractivity contribution in [2.45, 2.75) is 23.4 Å². The van der Waals surface area contributed by atoms with E-state index in [2.05, 4.69) is 4.99 Å². The molecule has 0 aliphatic carbocycles. The Bertz CT molecular complexity index is 1540. The van der Waals surface area contributed by atoms with E-state index in [9.17, 15) is 24.5 Å². The molecule has 42 heavy (non-hydrogen) atoms. The third-order valence-electron chi connectivity index (χ3n) is 6.65. The molecule has 2 heterocycles. The number of β-lactam (4-membered cyclic amide) rings is 1. The van der Waals surface area contributed by atoms with Crippen LogP contribution in [-0.4, -0.2) is 56.6 Å². The van der Waals surface area contributed by atoms with Gasteiger partial charge in [0.25, 0.3) is 11.6 Å². The fourth-order valence-corrected chi connectivity index (χ4v) is 6.30. The number of ether oxygens (including phenoxy) is 2. The number of nitro groups is 1. The largest absolute Gasteiger partial charge is 0.461 e. The van der Waals surface area contributed by atoms with Crippen molar-refractivity contribution in [3.8, 4) is 0 Å². The molecule has 1 saturated heterocycles. The fraction of sp³-hybridized carbons (Fsp3) is 0.200. The minimum Gasteiger partial charge on any atom is -0.461 e. The first-order valence-corrected chi connectivity index (χ1v) is 14.2. The second-order valence-corrected chi connectivity index (χ2v) is 11.1. The molecular formula is C30H24ClN3O7S. The van der Waals surface area contributed by atoms with Gasteiger partial charge in [0.2, 0.25) is 5.00 Å². The molecule has 0 N–H and O–H groups in total. The van der Waals surface area contributed by atoms with E-state index in [0.717, 1.165) is 11.1 Å². The number of halogens is 1. The first-order valence-electron chi connectivity index (χ1n) is 12.8. The number of carbonyl (C=O) groups is 3. The number of nitrogens with zero attached hydrogens (tertiary/aromatic N) is 3. The topological polar surface area (TPSA) is 128 Å². The zero-order chi connectivity index (χ0) is 29.9. The smallest absolute Gasteiger partial charge is 0.356 e. The average molecular weight is 606 g/mol. The van der Waals surface area contributed by atoms with E-state index in [1.807, 2.05) is 60.7 Å². The molecule has 0 radical (unpaired) electrons. The summed E-state index contributed by atoms with van der Waals surface area (Å²) in [5.41, 5.74) is 2.25. The van der Waals surface area contributed by atoms with Crippen LogP contribution in [0.25, 0.3) is 0 Å². The molecule has 3 aromatic rings. The Morgan fingerprint density at radius 3 is 2.24 bits per heavy atom. The molecule has 12 heteroatoms. The summed E-state index contributed by atoms with van der Waals surface area (Å²) in [7, 11) is 0. The van der Waals surface area contributed by atoms with Crippen LogP contribution < -0.4 is 0 Å². The number of non-ortho nitro benzene ring substituents is 1. The summed E-state index contributed by atoms with van der Waals surface area (Å²) in [6, 6.07) is 24.0. The van der Waals surface area contributed by atoms with E-state index in [4.69, 9.17) is 21.1 Å². The van der Waals surface area contributed by atoms with Crippen LogP contribution in [0.3, 0.4) is 0 Å². The van der Waals surface area contributed by atoms with Crippen molar-refractivity contribution in [3.63, 3.8) is 0 Å². The number of benzene rings is 3. The van der Waals surface area contributed by atoms with Crippen molar-refractivity contribution >= 4 is 53.1 Å². The fourth-order valence-electron chi connectivity index (χ4n) is 4.57. The maximum absolute atomic E-state index is 13.9. The van der Waals surface area contributed by atoms with Gasteiger partial charge in [0.15, 0.2) is 6.10 Å². The molecule has 0 spiro atoms. The van der Waals surface area contributed by atoms with Gasteiger partial charge in [-0.1, -0.05) is 72.3 Å². The summed E-state index contributed by atoms with van der Waals surface area (Å²) in [5.74, 6) is -1.73. The minimum absolute atomic E-state index is 0.0383. The van der Waals surface area contributed by atoms with Crippen molar-refractivity contribution in [3.05, 3.63) is 123 Å². The molecule has 2 aliphatic heterocycles. The lowest BCUT2D eigenvalue weighted by molar-refractivity contribution is -0.384. The number of thioether (sulfide) groups is 1. The molecule has 1 amide bonds. The molecule has 2 aliphatic rings. The Labute approximate surface area is 250 Å². The molecule has 3 aromatic carbocycles. The summed E-state index contributed by atoms with van der Waals surface area (Å²) in [4.78, 5) is 53.2. The number of rotatable bonds is 9. The van der Waals surface area contributed by atoms with Crippen molar-refractivity contribution in [2.75, 3.05) is 12.4 Å². The van der Waals surface area contributed by atoms with Crippen LogP contribution >= 0.6 is 23.4 Å². The molecule has 10 nitrogen and oxygen atoms in total. The lowest BCUT2D eigenvalue weighted by Gasteiger charge is -2.52. The second kappa shape index (κ2) is 12.2. The van der Waals surface area contributed by atoms with Crippen LogP contribution in [0.4, 0.5) is 5.69 Å². The van der Waals surface area contributed by atoms with Gasteiger partial charge in [-0.3, -0.25) is 29.6 Å². The molecule has 0 unspecified atom stereocenters. The zero-order valence-electron chi connectivity index (χ0n) is 22.2. The molecule has 0 saturated carbocycles. The third kappa shape index (κ3) is 5.79. The monoisotopic (exact) mass is 605 g/mol. The molecule has 0 bridgehead atoms. The Balaban J connectivity index is 1.45. The minimum atomic E-state index is -1.72. The van der Waals surface area contributed by atoms with Crippen LogP contribution in [0.15, 0.2) is 101 Å². The Hall–Kier alpha value is -4.48.